The molecule has 2 aromatic carbocycles. The summed E-state index contributed by atoms with van der Waals surface area (Å²) in [5.74, 6) is 1.01. The van der Waals surface area contributed by atoms with E-state index in [1.54, 1.807) is 6.07 Å². The summed E-state index contributed by atoms with van der Waals surface area (Å²) in [6, 6.07) is 5.87. The Bertz CT molecular complexity index is 725. The fourth-order valence-electron chi connectivity index (χ4n) is 3.80. The van der Waals surface area contributed by atoms with Crippen LogP contribution >= 0.6 is 22.6 Å². The number of phenols is 2. The van der Waals surface area contributed by atoms with Gasteiger partial charge in [0.25, 0.3) is 0 Å². The molecule has 0 fully saturated rings. The van der Waals surface area contributed by atoms with E-state index in [4.69, 9.17) is 5.11 Å². The molecule has 0 saturated heterocycles. The number of rotatable bonds is 0. The maximum absolute atomic E-state index is 9.74. The quantitative estimate of drug-likeness (QED) is 0.511. The third kappa shape index (κ3) is 4.29. The molecule has 136 valence electrons. The lowest BCUT2D eigenvalue weighted by Gasteiger charge is -2.07. The Labute approximate surface area is 163 Å². The molecule has 0 heterocycles. The molecule has 2 aromatic rings. The number of halogens is 1. The fourth-order valence-corrected chi connectivity index (χ4v) is 4.59. The first-order valence-corrected chi connectivity index (χ1v) is 9.81. The molecule has 0 aromatic heterocycles. The van der Waals surface area contributed by atoms with Crippen LogP contribution < -0.4 is 0 Å². The molecule has 0 unspecified atom stereocenters. The van der Waals surface area contributed by atoms with Gasteiger partial charge in [0.15, 0.2) is 0 Å². The first-order chi connectivity index (χ1) is 12.0. The number of hydrogen-bond donors (Lipinski definition) is 3. The summed E-state index contributed by atoms with van der Waals surface area (Å²) in [5.41, 5.74) is 7.81. The monoisotopic (exact) mass is 454 g/mol. The van der Waals surface area contributed by atoms with Crippen LogP contribution in [0.15, 0.2) is 18.2 Å². The second kappa shape index (κ2) is 8.90. The Kier molecular flexibility index (Phi) is 7.14. The predicted molar refractivity (Wildman–Crippen MR) is 111 cm³/mol. The smallest absolute Gasteiger partial charge is 0.132 e. The van der Waals surface area contributed by atoms with Crippen LogP contribution in [0.2, 0.25) is 0 Å². The Morgan fingerprint density at radius 2 is 1.28 bits per heavy atom. The zero-order chi connectivity index (χ0) is 18.6. The van der Waals surface area contributed by atoms with Gasteiger partial charge in [0.1, 0.15) is 11.5 Å². The van der Waals surface area contributed by atoms with Crippen LogP contribution in [0, 0.1) is 17.4 Å². The Morgan fingerprint density at radius 1 is 0.760 bits per heavy atom. The standard InChI is InChI=1S/C10H11IO.C10H12O.CH4O/c1-6-5-9(11)10(12)8-4-2-3-7(6)8;1-7-5-6-10(11)9-4-2-3-8(7)9;1-2/h5,12H,2-4H2,1H3;5-6,11H,2-4H2,1H3;2H,1H3. The van der Waals surface area contributed by atoms with Crippen molar-refractivity contribution in [3.8, 4) is 11.5 Å². The minimum absolute atomic E-state index is 0.489. The maximum Gasteiger partial charge on any atom is 0.132 e. The molecule has 0 radical (unpaired) electrons. The van der Waals surface area contributed by atoms with Gasteiger partial charge >= 0.3 is 0 Å². The van der Waals surface area contributed by atoms with Crippen molar-refractivity contribution in [2.45, 2.75) is 52.4 Å². The number of phenolic OH excluding ortho intramolecular Hbond substituents is 2. The number of aromatic hydroxyl groups is 2. The van der Waals surface area contributed by atoms with Crippen LogP contribution in [-0.4, -0.2) is 22.4 Å². The number of aliphatic hydroxyl groups excluding tert-OH is 1. The van der Waals surface area contributed by atoms with E-state index < -0.39 is 0 Å². The molecule has 0 aliphatic heterocycles. The molecule has 25 heavy (non-hydrogen) atoms. The molecule has 0 atom stereocenters. The topological polar surface area (TPSA) is 60.7 Å². The van der Waals surface area contributed by atoms with Gasteiger partial charge in [-0.2, -0.15) is 0 Å². The summed E-state index contributed by atoms with van der Waals surface area (Å²) in [6.45, 7) is 4.25. The van der Waals surface area contributed by atoms with Crippen LogP contribution in [0.1, 0.15) is 46.2 Å². The summed E-state index contributed by atoms with van der Waals surface area (Å²) >= 11 is 2.19. The summed E-state index contributed by atoms with van der Waals surface area (Å²) in [5, 5.41) is 26.2. The second-order valence-corrected chi connectivity index (χ2v) is 7.71. The SMILES string of the molecule is CO.Cc1cc(I)c(O)c2c1CCC2.Cc1ccc(O)c2c1CCC2. The van der Waals surface area contributed by atoms with Gasteiger partial charge in [-0.25, -0.2) is 0 Å². The highest BCUT2D eigenvalue weighted by Gasteiger charge is 2.18. The normalized spacial score (nSPS) is 14.0. The van der Waals surface area contributed by atoms with Gasteiger partial charge in [-0.1, -0.05) is 6.07 Å². The molecule has 0 bridgehead atoms. The largest absolute Gasteiger partial charge is 0.508 e. The number of benzene rings is 2. The molecule has 0 amide bonds. The summed E-state index contributed by atoms with van der Waals surface area (Å²) < 4.78 is 0.991. The van der Waals surface area contributed by atoms with E-state index in [2.05, 4.69) is 42.5 Å². The van der Waals surface area contributed by atoms with Crippen molar-refractivity contribution < 1.29 is 15.3 Å². The van der Waals surface area contributed by atoms with E-state index in [1.807, 2.05) is 6.07 Å². The third-order valence-corrected chi connectivity index (χ3v) is 5.87. The molecule has 3 N–H and O–H groups in total. The third-order valence-electron chi connectivity index (χ3n) is 5.04. The van der Waals surface area contributed by atoms with E-state index in [9.17, 15) is 10.2 Å². The van der Waals surface area contributed by atoms with Crippen LogP contribution in [0.5, 0.6) is 11.5 Å². The lowest BCUT2D eigenvalue weighted by atomic mass is 10.0. The average molecular weight is 454 g/mol. The average Bonchev–Trinajstić information content (AvgIpc) is 3.28. The number of aryl methyl sites for hydroxylation is 2. The lowest BCUT2D eigenvalue weighted by Crippen LogP contribution is -1.90. The highest BCUT2D eigenvalue weighted by molar-refractivity contribution is 14.1. The highest BCUT2D eigenvalue weighted by Crippen LogP contribution is 2.35. The van der Waals surface area contributed by atoms with E-state index in [1.165, 1.54) is 46.2 Å². The van der Waals surface area contributed by atoms with Crippen LogP contribution in [-0.2, 0) is 25.7 Å². The zero-order valence-electron chi connectivity index (χ0n) is 15.2. The van der Waals surface area contributed by atoms with Crippen molar-refractivity contribution in [2.24, 2.45) is 0 Å². The van der Waals surface area contributed by atoms with Gasteiger partial charge in [-0.3, -0.25) is 0 Å². The van der Waals surface area contributed by atoms with Crippen LogP contribution in [0.25, 0.3) is 0 Å². The Balaban J connectivity index is 0.000000165. The van der Waals surface area contributed by atoms with Crippen molar-refractivity contribution in [3.63, 3.8) is 0 Å². The van der Waals surface area contributed by atoms with Crippen molar-refractivity contribution in [1.29, 1.82) is 0 Å². The summed E-state index contributed by atoms with van der Waals surface area (Å²) in [4.78, 5) is 0. The van der Waals surface area contributed by atoms with Gasteiger partial charge in [-0.15, -0.1) is 0 Å². The second-order valence-electron chi connectivity index (χ2n) is 6.55. The van der Waals surface area contributed by atoms with Crippen LogP contribution in [0.4, 0.5) is 0 Å². The van der Waals surface area contributed by atoms with Crippen molar-refractivity contribution in [2.75, 3.05) is 7.11 Å². The van der Waals surface area contributed by atoms with Crippen molar-refractivity contribution >= 4 is 22.6 Å². The number of aliphatic hydroxyl groups is 1. The molecular formula is C21H27IO3. The van der Waals surface area contributed by atoms with Crippen molar-refractivity contribution in [1.82, 2.24) is 0 Å². The van der Waals surface area contributed by atoms with E-state index >= 15 is 0 Å². The molecule has 3 nitrogen and oxygen atoms in total. The molecule has 2 aliphatic carbocycles. The lowest BCUT2D eigenvalue weighted by molar-refractivity contribution is 0.399. The van der Waals surface area contributed by atoms with E-state index in [-0.39, 0.29) is 0 Å². The minimum atomic E-state index is 0.489. The first-order valence-electron chi connectivity index (χ1n) is 8.74. The summed E-state index contributed by atoms with van der Waals surface area (Å²) in [7, 11) is 1.00. The zero-order valence-corrected chi connectivity index (χ0v) is 17.4. The Hall–Kier alpha value is -1.27. The van der Waals surface area contributed by atoms with Crippen LogP contribution in [0.3, 0.4) is 0 Å². The predicted octanol–water partition coefficient (Wildman–Crippen LogP) is 4.59. The Morgan fingerprint density at radius 3 is 1.88 bits per heavy atom. The van der Waals surface area contributed by atoms with Gasteiger partial charge in [-0.05, 0) is 120 Å². The number of hydrogen-bond acceptors (Lipinski definition) is 3. The molecular weight excluding hydrogens is 427 g/mol. The minimum Gasteiger partial charge on any atom is -0.508 e. The molecule has 4 heteroatoms. The number of fused-ring (bicyclic) bond motifs is 2. The van der Waals surface area contributed by atoms with Gasteiger partial charge in [0.05, 0.1) is 3.57 Å². The van der Waals surface area contributed by atoms with E-state index in [0.29, 0.717) is 11.5 Å². The van der Waals surface area contributed by atoms with Gasteiger partial charge in [0.2, 0.25) is 0 Å². The molecule has 2 aliphatic rings. The molecule has 0 spiro atoms. The van der Waals surface area contributed by atoms with Gasteiger partial charge < -0.3 is 15.3 Å². The van der Waals surface area contributed by atoms with Crippen molar-refractivity contribution in [3.05, 3.63) is 55.1 Å². The maximum atomic E-state index is 9.74. The summed E-state index contributed by atoms with van der Waals surface area (Å²) in [6.07, 6.45) is 6.81. The molecule has 0 saturated carbocycles. The van der Waals surface area contributed by atoms with E-state index in [0.717, 1.165) is 36.4 Å². The molecule has 4 rings (SSSR count). The highest BCUT2D eigenvalue weighted by atomic mass is 127. The first kappa shape index (κ1) is 20.0. The fraction of sp³-hybridized carbons (Fsp3) is 0.429. The van der Waals surface area contributed by atoms with Gasteiger partial charge in [0, 0.05) is 7.11 Å².